The zero-order chi connectivity index (χ0) is 13.7. The van der Waals surface area contributed by atoms with Crippen molar-refractivity contribution in [3.63, 3.8) is 0 Å². The van der Waals surface area contributed by atoms with Crippen molar-refractivity contribution in [1.82, 2.24) is 4.90 Å². The molecule has 2 amide bonds. The van der Waals surface area contributed by atoms with Crippen LogP contribution in [0.5, 0.6) is 0 Å². The van der Waals surface area contributed by atoms with Crippen LogP contribution >= 0.6 is 0 Å². The van der Waals surface area contributed by atoms with E-state index in [9.17, 15) is 9.59 Å². The van der Waals surface area contributed by atoms with Crippen LogP contribution in [0.4, 0.5) is 5.69 Å². The minimum Gasteiger partial charge on any atom is -0.342 e. The summed E-state index contributed by atoms with van der Waals surface area (Å²) in [7, 11) is 0. The Bertz CT molecular complexity index is 437. The maximum atomic E-state index is 12.0. The van der Waals surface area contributed by atoms with Gasteiger partial charge in [-0.25, -0.2) is 0 Å². The zero-order valence-corrected chi connectivity index (χ0v) is 11.3. The fourth-order valence-electron chi connectivity index (χ4n) is 2.23. The molecule has 1 saturated heterocycles. The molecule has 1 heterocycles. The van der Waals surface area contributed by atoms with Gasteiger partial charge in [0.25, 0.3) is 0 Å². The van der Waals surface area contributed by atoms with E-state index in [1.807, 2.05) is 30.3 Å². The summed E-state index contributed by atoms with van der Waals surface area (Å²) in [6.45, 7) is 3.75. The Hall–Kier alpha value is -1.84. The van der Waals surface area contributed by atoms with Gasteiger partial charge in [0.2, 0.25) is 11.8 Å². The van der Waals surface area contributed by atoms with Crippen molar-refractivity contribution in [1.29, 1.82) is 0 Å². The highest BCUT2D eigenvalue weighted by molar-refractivity contribution is 6.03. The van der Waals surface area contributed by atoms with Crippen LogP contribution in [0.1, 0.15) is 26.2 Å². The normalized spacial score (nSPS) is 16.2. The molecule has 4 heteroatoms. The van der Waals surface area contributed by atoms with E-state index in [1.54, 1.807) is 4.90 Å². The van der Waals surface area contributed by atoms with E-state index in [-0.39, 0.29) is 18.2 Å². The number of hydrogen-bond acceptors (Lipinski definition) is 2. The fraction of sp³-hybridized carbons (Fsp3) is 0.467. The van der Waals surface area contributed by atoms with Gasteiger partial charge in [0.15, 0.2) is 0 Å². The Balaban J connectivity index is 1.80. The Labute approximate surface area is 113 Å². The number of amides is 2. The van der Waals surface area contributed by atoms with Crippen LogP contribution < -0.4 is 5.32 Å². The maximum Gasteiger partial charge on any atom is 0.233 e. The lowest BCUT2D eigenvalue weighted by molar-refractivity contribution is -0.135. The monoisotopic (exact) mass is 260 g/mol. The van der Waals surface area contributed by atoms with E-state index >= 15 is 0 Å². The molecule has 4 nitrogen and oxygen atoms in total. The van der Waals surface area contributed by atoms with Gasteiger partial charge in [0, 0.05) is 18.8 Å². The molecule has 102 valence electrons. The second kappa shape index (κ2) is 6.36. The first-order chi connectivity index (χ1) is 9.15. The summed E-state index contributed by atoms with van der Waals surface area (Å²) in [5.74, 6) is 0.373. The van der Waals surface area contributed by atoms with Crippen molar-refractivity contribution in [2.24, 2.45) is 5.92 Å². The van der Waals surface area contributed by atoms with Gasteiger partial charge in [0.05, 0.1) is 0 Å². The molecule has 0 unspecified atom stereocenters. The summed E-state index contributed by atoms with van der Waals surface area (Å²) in [6.07, 6.45) is 2.00. The summed E-state index contributed by atoms with van der Waals surface area (Å²) in [5.41, 5.74) is 0.729. The third kappa shape index (κ3) is 4.09. The molecule has 0 spiro atoms. The highest BCUT2D eigenvalue weighted by Crippen LogP contribution is 2.16. The molecule has 0 radical (unpaired) electrons. The molecule has 0 atom stereocenters. The molecule has 1 N–H and O–H groups in total. The van der Waals surface area contributed by atoms with Crippen LogP contribution in [0.3, 0.4) is 0 Å². The predicted molar refractivity (Wildman–Crippen MR) is 74.7 cm³/mol. The number of carbonyl (C=O) groups is 2. The molecule has 1 aromatic rings. The second-order valence-electron chi connectivity index (χ2n) is 5.15. The van der Waals surface area contributed by atoms with Gasteiger partial charge in [-0.2, -0.15) is 0 Å². The summed E-state index contributed by atoms with van der Waals surface area (Å²) in [4.78, 5) is 25.5. The van der Waals surface area contributed by atoms with Crippen LogP contribution in [-0.2, 0) is 9.59 Å². The molecular formula is C15H20N2O2. The topological polar surface area (TPSA) is 49.4 Å². The molecule has 0 aliphatic carbocycles. The average molecular weight is 260 g/mol. The number of benzene rings is 1. The number of rotatable bonds is 3. The molecule has 1 fully saturated rings. The molecule has 0 aromatic heterocycles. The number of likely N-dealkylation sites (tertiary alicyclic amines) is 1. The van der Waals surface area contributed by atoms with Gasteiger partial charge >= 0.3 is 0 Å². The standard InChI is InChI=1S/C15H20N2O2/c1-12-7-9-17(10-8-12)15(19)11-14(18)16-13-5-3-2-4-6-13/h2-6,12H,7-11H2,1H3,(H,16,18). The van der Waals surface area contributed by atoms with E-state index in [1.165, 1.54) is 0 Å². The lowest BCUT2D eigenvalue weighted by Gasteiger charge is -2.30. The smallest absolute Gasteiger partial charge is 0.233 e. The van der Waals surface area contributed by atoms with Gasteiger partial charge in [0.1, 0.15) is 6.42 Å². The summed E-state index contributed by atoms with van der Waals surface area (Å²) in [6, 6.07) is 9.21. The van der Waals surface area contributed by atoms with E-state index in [0.29, 0.717) is 5.92 Å². The van der Waals surface area contributed by atoms with Crippen LogP contribution in [0.2, 0.25) is 0 Å². The number of piperidine rings is 1. The Kier molecular flexibility index (Phi) is 4.55. The minimum absolute atomic E-state index is 0.0662. The number of hydrogen-bond donors (Lipinski definition) is 1. The number of nitrogens with one attached hydrogen (secondary N) is 1. The Morgan fingerprint density at radius 3 is 2.47 bits per heavy atom. The molecule has 0 saturated carbocycles. The quantitative estimate of drug-likeness (QED) is 0.848. The van der Waals surface area contributed by atoms with E-state index in [4.69, 9.17) is 0 Å². The van der Waals surface area contributed by atoms with Crippen LogP contribution in [-0.4, -0.2) is 29.8 Å². The highest BCUT2D eigenvalue weighted by atomic mass is 16.2. The first-order valence-electron chi connectivity index (χ1n) is 6.78. The van der Waals surface area contributed by atoms with Gasteiger partial charge in [-0.1, -0.05) is 25.1 Å². The zero-order valence-electron chi connectivity index (χ0n) is 11.3. The fourth-order valence-corrected chi connectivity index (χ4v) is 2.23. The number of nitrogens with zero attached hydrogens (tertiary/aromatic N) is 1. The molecule has 1 aliphatic heterocycles. The highest BCUT2D eigenvalue weighted by Gasteiger charge is 2.21. The van der Waals surface area contributed by atoms with Crippen molar-refractivity contribution in [2.45, 2.75) is 26.2 Å². The third-order valence-electron chi connectivity index (χ3n) is 3.51. The van der Waals surface area contributed by atoms with Crippen molar-refractivity contribution < 1.29 is 9.59 Å². The van der Waals surface area contributed by atoms with Gasteiger partial charge in [-0.3, -0.25) is 9.59 Å². The summed E-state index contributed by atoms with van der Waals surface area (Å²) < 4.78 is 0. The average Bonchev–Trinajstić information content (AvgIpc) is 2.40. The maximum absolute atomic E-state index is 12.0. The second-order valence-corrected chi connectivity index (χ2v) is 5.15. The largest absolute Gasteiger partial charge is 0.342 e. The van der Waals surface area contributed by atoms with Crippen LogP contribution in [0, 0.1) is 5.92 Å². The van der Waals surface area contributed by atoms with E-state index in [0.717, 1.165) is 31.6 Å². The Morgan fingerprint density at radius 1 is 1.21 bits per heavy atom. The van der Waals surface area contributed by atoms with Crippen molar-refractivity contribution >= 4 is 17.5 Å². The first kappa shape index (κ1) is 13.6. The Morgan fingerprint density at radius 2 is 1.84 bits per heavy atom. The van der Waals surface area contributed by atoms with Crippen molar-refractivity contribution in [3.05, 3.63) is 30.3 Å². The molecule has 19 heavy (non-hydrogen) atoms. The van der Waals surface area contributed by atoms with Crippen molar-refractivity contribution in [2.75, 3.05) is 18.4 Å². The van der Waals surface area contributed by atoms with Crippen LogP contribution in [0.25, 0.3) is 0 Å². The van der Waals surface area contributed by atoms with E-state index < -0.39 is 0 Å². The van der Waals surface area contributed by atoms with Crippen molar-refractivity contribution in [3.8, 4) is 0 Å². The number of carbonyl (C=O) groups excluding carboxylic acids is 2. The predicted octanol–water partition coefficient (Wildman–Crippen LogP) is 2.27. The summed E-state index contributed by atoms with van der Waals surface area (Å²) >= 11 is 0. The molecule has 1 aromatic carbocycles. The van der Waals surface area contributed by atoms with Crippen LogP contribution in [0.15, 0.2) is 30.3 Å². The molecule has 0 bridgehead atoms. The SMILES string of the molecule is CC1CCN(C(=O)CC(=O)Nc2ccccc2)CC1. The third-order valence-corrected chi connectivity index (χ3v) is 3.51. The van der Waals surface area contributed by atoms with E-state index in [2.05, 4.69) is 12.2 Å². The molecule has 2 rings (SSSR count). The number of para-hydroxylation sites is 1. The summed E-state index contributed by atoms with van der Waals surface area (Å²) in [5, 5.41) is 2.73. The minimum atomic E-state index is -0.241. The number of anilines is 1. The van der Waals surface area contributed by atoms with Gasteiger partial charge in [-0.15, -0.1) is 0 Å². The molecule has 1 aliphatic rings. The van der Waals surface area contributed by atoms with Gasteiger partial charge in [-0.05, 0) is 30.9 Å². The first-order valence-corrected chi connectivity index (χ1v) is 6.78. The lowest BCUT2D eigenvalue weighted by Crippen LogP contribution is -2.39. The molecular weight excluding hydrogens is 240 g/mol. The van der Waals surface area contributed by atoms with Gasteiger partial charge < -0.3 is 10.2 Å². The lowest BCUT2D eigenvalue weighted by atomic mass is 9.99.